The van der Waals surface area contributed by atoms with Crippen molar-refractivity contribution >= 4 is 28.5 Å². The summed E-state index contributed by atoms with van der Waals surface area (Å²) in [5.41, 5.74) is -1.24. The molecule has 0 fully saturated rings. The van der Waals surface area contributed by atoms with E-state index in [1.807, 2.05) is 5.32 Å². The molecule has 0 bridgehead atoms. The summed E-state index contributed by atoms with van der Waals surface area (Å²) in [5, 5.41) is 14.2. The first kappa shape index (κ1) is 32.0. The van der Waals surface area contributed by atoms with Gasteiger partial charge in [0.05, 0.1) is 11.1 Å². The van der Waals surface area contributed by atoms with Crippen LogP contribution < -0.4 is 16.2 Å². The van der Waals surface area contributed by atoms with Gasteiger partial charge in [0, 0.05) is 42.5 Å². The van der Waals surface area contributed by atoms with E-state index in [2.05, 4.69) is 10.3 Å². The third-order valence-electron chi connectivity index (χ3n) is 7.14. The Balaban J connectivity index is 1.66. The zero-order valence-corrected chi connectivity index (χ0v) is 23.5. The molecule has 0 aliphatic rings. The Morgan fingerprint density at radius 2 is 1.73 bits per heavy atom. The minimum Gasteiger partial charge on any atom is -0.480 e. The second-order valence-corrected chi connectivity index (χ2v) is 10.1. The lowest BCUT2D eigenvalue weighted by Gasteiger charge is -2.22. The molecule has 0 radical (unpaired) electrons. The van der Waals surface area contributed by atoms with Gasteiger partial charge in [-0.15, -0.1) is 0 Å². The number of carbonyl (C=O) groups excluding carboxylic acids is 1. The van der Waals surface area contributed by atoms with Gasteiger partial charge < -0.3 is 20.3 Å². The van der Waals surface area contributed by atoms with Crippen molar-refractivity contribution in [3.63, 3.8) is 0 Å². The maximum absolute atomic E-state index is 14.8. The molecule has 0 spiro atoms. The van der Waals surface area contributed by atoms with Crippen molar-refractivity contribution in [3.8, 4) is 11.1 Å². The van der Waals surface area contributed by atoms with Crippen LogP contribution in [0.25, 0.3) is 22.0 Å². The van der Waals surface area contributed by atoms with E-state index in [0.29, 0.717) is 23.1 Å². The molecule has 2 heterocycles. The van der Waals surface area contributed by atoms with Gasteiger partial charge in [-0.3, -0.25) is 14.6 Å². The number of aliphatic carboxylic acids is 1. The molecule has 0 unspecified atom stereocenters. The van der Waals surface area contributed by atoms with E-state index in [0.717, 1.165) is 10.8 Å². The van der Waals surface area contributed by atoms with Crippen molar-refractivity contribution in [1.29, 1.82) is 0 Å². The van der Waals surface area contributed by atoms with Crippen LogP contribution >= 0.6 is 0 Å². The minimum absolute atomic E-state index is 0.0511. The third kappa shape index (κ3) is 6.38. The van der Waals surface area contributed by atoms with Crippen molar-refractivity contribution in [2.45, 2.75) is 44.9 Å². The molecule has 2 aromatic heterocycles. The highest BCUT2D eigenvalue weighted by molar-refractivity contribution is 5.99. The van der Waals surface area contributed by atoms with Gasteiger partial charge in [0.25, 0.3) is 11.5 Å². The lowest BCUT2D eigenvalue weighted by molar-refractivity contribution is -0.143. The summed E-state index contributed by atoms with van der Waals surface area (Å²) in [6.45, 7) is 2.66. The van der Waals surface area contributed by atoms with E-state index in [9.17, 15) is 45.8 Å². The molecule has 3 N–H and O–H groups in total. The van der Waals surface area contributed by atoms with Crippen molar-refractivity contribution in [2.24, 2.45) is 7.05 Å². The van der Waals surface area contributed by atoms with Gasteiger partial charge in [-0.05, 0) is 42.7 Å². The molecule has 1 amide bonds. The summed E-state index contributed by atoms with van der Waals surface area (Å²) in [5.74, 6) is -6.63. The van der Waals surface area contributed by atoms with Crippen LogP contribution in [-0.2, 0) is 18.3 Å². The number of carboxylic acids is 1. The van der Waals surface area contributed by atoms with Crippen LogP contribution in [0.15, 0.2) is 53.6 Å². The van der Waals surface area contributed by atoms with E-state index >= 15 is 0 Å². The molecule has 44 heavy (non-hydrogen) atoms. The van der Waals surface area contributed by atoms with E-state index in [1.54, 1.807) is 12.1 Å². The summed E-state index contributed by atoms with van der Waals surface area (Å²) in [6.07, 6.45) is -3.05. The molecular formula is C30H26F6N4O4. The van der Waals surface area contributed by atoms with Crippen LogP contribution in [-0.4, -0.2) is 44.8 Å². The van der Waals surface area contributed by atoms with Crippen LogP contribution in [0.5, 0.6) is 0 Å². The second-order valence-electron chi connectivity index (χ2n) is 10.1. The molecule has 14 heteroatoms. The maximum atomic E-state index is 14.8. The highest BCUT2D eigenvalue weighted by Gasteiger charge is 2.38. The second kappa shape index (κ2) is 12.4. The highest BCUT2D eigenvalue weighted by atomic mass is 19.4. The van der Waals surface area contributed by atoms with Crippen molar-refractivity contribution in [1.82, 2.24) is 14.9 Å². The number of rotatable bonds is 9. The van der Waals surface area contributed by atoms with Crippen LogP contribution in [0.3, 0.4) is 0 Å². The predicted octanol–water partition coefficient (Wildman–Crippen LogP) is 5.50. The Bertz CT molecular complexity index is 1800. The van der Waals surface area contributed by atoms with Crippen LogP contribution in [0, 0.1) is 24.4 Å². The Labute approximate surface area is 246 Å². The fourth-order valence-corrected chi connectivity index (χ4v) is 4.85. The number of nitrogens with one attached hydrogen (secondary N) is 2. The van der Waals surface area contributed by atoms with Crippen molar-refractivity contribution in [2.75, 3.05) is 5.32 Å². The predicted molar refractivity (Wildman–Crippen MR) is 150 cm³/mol. The molecule has 0 aliphatic heterocycles. The average molecular weight is 621 g/mol. The first-order valence-corrected chi connectivity index (χ1v) is 13.2. The normalized spacial score (nSPS) is 13.0. The lowest BCUT2D eigenvalue weighted by Crippen LogP contribution is -2.43. The van der Waals surface area contributed by atoms with E-state index in [-0.39, 0.29) is 22.2 Å². The number of aromatic nitrogens is 2. The van der Waals surface area contributed by atoms with Crippen LogP contribution in [0.1, 0.15) is 34.8 Å². The molecule has 0 saturated heterocycles. The number of hydrogen-bond acceptors (Lipinski definition) is 5. The Hall–Kier alpha value is -4.88. The Morgan fingerprint density at radius 3 is 2.32 bits per heavy atom. The molecule has 0 aliphatic carbocycles. The molecule has 8 nitrogen and oxygen atoms in total. The summed E-state index contributed by atoms with van der Waals surface area (Å²) in [7, 11) is 1.39. The van der Waals surface area contributed by atoms with Crippen molar-refractivity contribution < 1.29 is 41.0 Å². The number of aryl methyl sites for hydroxylation is 1. The molecule has 0 saturated carbocycles. The number of carbonyl (C=O) groups is 2. The topological polar surface area (TPSA) is 113 Å². The number of fused-ring (bicyclic) bond motifs is 1. The average Bonchev–Trinajstić information content (AvgIpc) is 2.94. The van der Waals surface area contributed by atoms with E-state index < -0.39 is 77.2 Å². The number of hydrogen-bond donors (Lipinski definition) is 3. The highest BCUT2D eigenvalue weighted by Crippen LogP contribution is 2.31. The zero-order chi connectivity index (χ0) is 32.5. The van der Waals surface area contributed by atoms with Crippen LogP contribution in [0.2, 0.25) is 0 Å². The van der Waals surface area contributed by atoms with Gasteiger partial charge >= 0.3 is 12.1 Å². The van der Waals surface area contributed by atoms with Gasteiger partial charge in [0.15, 0.2) is 0 Å². The SMILES string of the molecule is CC[C@@H](Nc1cc(F)c(C(=O)N[C@@H](Cc2ccc(-c3c(C)c(F)cn(C)c3=O)c3ncccc23)C(=O)O)c(F)c1)C(F)(F)F. The summed E-state index contributed by atoms with van der Waals surface area (Å²) >= 11 is 0. The molecule has 232 valence electrons. The fourth-order valence-electron chi connectivity index (χ4n) is 4.85. The fraction of sp³-hybridized carbons (Fsp3) is 0.267. The number of nitrogens with zero attached hydrogens (tertiary/aromatic N) is 2. The zero-order valence-electron chi connectivity index (χ0n) is 23.5. The summed E-state index contributed by atoms with van der Waals surface area (Å²) in [6, 6.07) is 3.27. The monoisotopic (exact) mass is 620 g/mol. The quantitative estimate of drug-likeness (QED) is 0.213. The van der Waals surface area contributed by atoms with Gasteiger partial charge in [-0.2, -0.15) is 13.2 Å². The number of benzene rings is 2. The standard InChI is InChI=1S/C30H26F6N4O4/c1-4-23(30(34,35)36)38-16-11-19(31)25(20(32)12-16)27(41)39-22(29(43)44)10-15-7-8-18(26-17(15)6-5-9-37-26)24-14(2)21(33)13-40(3)28(24)42/h5-9,11-13,22-23,38H,4,10H2,1-3H3,(H,39,41)(H,43,44)/t22-,23+/m0/s1. The van der Waals surface area contributed by atoms with E-state index in [1.165, 1.54) is 39.2 Å². The number of anilines is 1. The third-order valence-corrected chi connectivity index (χ3v) is 7.14. The lowest BCUT2D eigenvalue weighted by atomic mass is 9.94. The summed E-state index contributed by atoms with van der Waals surface area (Å²) < 4.78 is 84.4. The largest absolute Gasteiger partial charge is 0.480 e. The number of alkyl halides is 3. The first-order chi connectivity index (χ1) is 20.6. The van der Waals surface area contributed by atoms with Gasteiger partial charge in [0.2, 0.25) is 0 Å². The number of amides is 1. The number of carboxylic acid groups (broad SMARTS) is 1. The Morgan fingerprint density at radius 1 is 1.07 bits per heavy atom. The molecular weight excluding hydrogens is 594 g/mol. The first-order valence-electron chi connectivity index (χ1n) is 13.2. The Kier molecular flexibility index (Phi) is 9.02. The molecule has 2 atom stereocenters. The minimum atomic E-state index is -4.70. The van der Waals surface area contributed by atoms with Crippen LogP contribution in [0.4, 0.5) is 32.0 Å². The molecule has 4 rings (SSSR count). The molecule has 2 aromatic carbocycles. The number of pyridine rings is 2. The smallest absolute Gasteiger partial charge is 0.408 e. The maximum Gasteiger partial charge on any atom is 0.408 e. The van der Waals surface area contributed by atoms with Gasteiger partial charge in [-0.25, -0.2) is 18.0 Å². The van der Waals surface area contributed by atoms with E-state index in [4.69, 9.17) is 0 Å². The number of halogens is 6. The summed E-state index contributed by atoms with van der Waals surface area (Å²) in [4.78, 5) is 42.2. The van der Waals surface area contributed by atoms with Gasteiger partial charge in [0.1, 0.15) is 35.1 Å². The van der Waals surface area contributed by atoms with Crippen molar-refractivity contribution in [3.05, 3.63) is 93.3 Å². The van der Waals surface area contributed by atoms with Gasteiger partial charge in [-0.1, -0.05) is 25.1 Å². The molecule has 4 aromatic rings.